The summed E-state index contributed by atoms with van der Waals surface area (Å²) in [6.45, 7) is 6.63. The van der Waals surface area contributed by atoms with E-state index >= 15 is 0 Å². The molecule has 0 spiro atoms. The van der Waals surface area contributed by atoms with Gasteiger partial charge in [0.2, 0.25) is 0 Å². The summed E-state index contributed by atoms with van der Waals surface area (Å²) in [5.74, 6) is 0.566. The lowest BCUT2D eigenvalue weighted by atomic mass is 9.72. The van der Waals surface area contributed by atoms with E-state index in [0.29, 0.717) is 32.9 Å². The zero-order valence-corrected chi connectivity index (χ0v) is 21.2. The molecule has 1 heterocycles. The van der Waals surface area contributed by atoms with Crippen LogP contribution in [-0.4, -0.2) is 18.4 Å². The lowest BCUT2D eigenvalue weighted by Crippen LogP contribution is -2.27. The van der Waals surface area contributed by atoms with E-state index in [2.05, 4.69) is 31.4 Å². The van der Waals surface area contributed by atoms with Crippen molar-refractivity contribution in [3.8, 4) is 5.75 Å². The summed E-state index contributed by atoms with van der Waals surface area (Å²) in [5.41, 5.74) is 2.27. The molecule has 2 amide bonds. The van der Waals surface area contributed by atoms with Crippen LogP contribution in [0.1, 0.15) is 48.0 Å². The molecule has 34 heavy (non-hydrogen) atoms. The Labute approximate surface area is 209 Å². The highest BCUT2D eigenvalue weighted by Gasteiger charge is 2.34. The molecule has 1 atom stereocenters. The van der Waals surface area contributed by atoms with Gasteiger partial charge in [0.25, 0.3) is 11.8 Å². The van der Waals surface area contributed by atoms with Gasteiger partial charge in [0.15, 0.2) is 6.61 Å². The van der Waals surface area contributed by atoms with Gasteiger partial charge in [0.05, 0.1) is 16.3 Å². The van der Waals surface area contributed by atoms with Gasteiger partial charge in [-0.05, 0) is 60.4 Å². The van der Waals surface area contributed by atoms with E-state index in [1.165, 1.54) is 11.3 Å². The number of fused-ring (bicyclic) bond motifs is 1. The second-order valence-corrected chi connectivity index (χ2v) is 11.1. The second kappa shape index (κ2) is 10.2. The van der Waals surface area contributed by atoms with Crippen molar-refractivity contribution in [1.82, 2.24) is 0 Å². The molecule has 3 aromatic rings. The maximum absolute atomic E-state index is 13.4. The number of para-hydroxylation sites is 2. The second-order valence-electron chi connectivity index (χ2n) is 9.60. The van der Waals surface area contributed by atoms with Crippen LogP contribution in [0.25, 0.3) is 0 Å². The molecule has 1 aromatic heterocycles. The third kappa shape index (κ3) is 5.62. The minimum Gasteiger partial charge on any atom is -0.484 e. The average molecular weight is 497 g/mol. The van der Waals surface area contributed by atoms with Crippen molar-refractivity contribution in [2.45, 2.75) is 40.0 Å². The first-order chi connectivity index (χ1) is 16.2. The predicted octanol–water partition coefficient (Wildman–Crippen LogP) is 6.82. The molecule has 0 radical (unpaired) electrons. The molecule has 0 fully saturated rings. The number of carbonyl (C=O) groups is 2. The van der Waals surface area contributed by atoms with Gasteiger partial charge in [-0.3, -0.25) is 9.59 Å². The number of amides is 2. The fourth-order valence-electron chi connectivity index (χ4n) is 4.23. The summed E-state index contributed by atoms with van der Waals surface area (Å²) in [6, 6.07) is 16.3. The van der Waals surface area contributed by atoms with Crippen LogP contribution in [0.15, 0.2) is 54.6 Å². The third-order valence-electron chi connectivity index (χ3n) is 6.21. The van der Waals surface area contributed by atoms with Crippen molar-refractivity contribution < 1.29 is 14.3 Å². The van der Waals surface area contributed by atoms with E-state index in [1.54, 1.807) is 24.3 Å². The maximum Gasteiger partial charge on any atom is 0.262 e. The first-order valence-electron chi connectivity index (χ1n) is 11.4. The van der Waals surface area contributed by atoms with Crippen molar-refractivity contribution in [1.29, 1.82) is 0 Å². The van der Waals surface area contributed by atoms with Gasteiger partial charge in [-0.25, -0.2) is 0 Å². The Morgan fingerprint density at radius 3 is 2.47 bits per heavy atom. The molecule has 178 valence electrons. The van der Waals surface area contributed by atoms with Crippen LogP contribution < -0.4 is 15.4 Å². The largest absolute Gasteiger partial charge is 0.484 e. The molecule has 1 aliphatic rings. The number of carbonyl (C=O) groups excluding carboxylic acids is 2. The van der Waals surface area contributed by atoms with Crippen LogP contribution in [0, 0.1) is 11.3 Å². The standard InChI is InChI=1S/C27H29ClN2O3S/c1-27(2,3)17-13-14-19-22(15-17)34-26(30-23(31)16-33-18-9-5-4-6-10-18)24(19)25(32)29-21-12-8-7-11-20(21)28/h4-12,17H,13-16H2,1-3H3,(H,29,32)(H,30,31). The zero-order chi connectivity index (χ0) is 24.3. The predicted molar refractivity (Wildman–Crippen MR) is 139 cm³/mol. The number of hydrogen-bond donors (Lipinski definition) is 2. The fraction of sp³-hybridized carbons (Fsp3) is 0.333. The lowest BCUT2D eigenvalue weighted by molar-refractivity contribution is -0.118. The van der Waals surface area contributed by atoms with E-state index in [1.807, 2.05) is 30.3 Å². The van der Waals surface area contributed by atoms with Crippen LogP contribution in [0.2, 0.25) is 5.02 Å². The van der Waals surface area contributed by atoms with Crippen LogP contribution in [-0.2, 0) is 17.6 Å². The minimum absolute atomic E-state index is 0.136. The number of hydrogen-bond acceptors (Lipinski definition) is 4. The Bertz CT molecular complexity index is 1180. The highest BCUT2D eigenvalue weighted by atomic mass is 35.5. The Morgan fingerprint density at radius 2 is 1.76 bits per heavy atom. The minimum atomic E-state index is -0.304. The van der Waals surface area contributed by atoms with Gasteiger partial charge in [0, 0.05) is 4.88 Å². The van der Waals surface area contributed by atoms with E-state index in [9.17, 15) is 9.59 Å². The van der Waals surface area contributed by atoms with E-state index < -0.39 is 0 Å². The first-order valence-corrected chi connectivity index (χ1v) is 12.6. The molecule has 2 N–H and O–H groups in total. The number of anilines is 2. The number of nitrogens with one attached hydrogen (secondary N) is 2. The Hall–Kier alpha value is -2.83. The first kappa shape index (κ1) is 24.3. The summed E-state index contributed by atoms with van der Waals surface area (Å²) in [7, 11) is 0. The molecule has 0 saturated heterocycles. The Kier molecular flexibility index (Phi) is 7.29. The van der Waals surface area contributed by atoms with Gasteiger partial charge in [-0.15, -0.1) is 11.3 Å². The monoisotopic (exact) mass is 496 g/mol. The fourth-order valence-corrected chi connectivity index (χ4v) is 5.75. The van der Waals surface area contributed by atoms with Crippen molar-refractivity contribution in [2.75, 3.05) is 17.2 Å². The third-order valence-corrected chi connectivity index (χ3v) is 7.70. The number of rotatable bonds is 6. The van der Waals surface area contributed by atoms with E-state index in [4.69, 9.17) is 16.3 Å². The maximum atomic E-state index is 13.4. The molecule has 5 nitrogen and oxygen atoms in total. The number of ether oxygens (including phenoxy) is 1. The zero-order valence-electron chi connectivity index (χ0n) is 19.6. The highest BCUT2D eigenvalue weighted by Crippen LogP contribution is 2.44. The number of benzene rings is 2. The van der Waals surface area contributed by atoms with Gasteiger partial charge in [0.1, 0.15) is 10.8 Å². The molecule has 1 unspecified atom stereocenters. The van der Waals surface area contributed by atoms with Crippen molar-refractivity contribution in [3.63, 3.8) is 0 Å². The molecule has 0 aliphatic heterocycles. The van der Waals surface area contributed by atoms with Crippen molar-refractivity contribution in [2.24, 2.45) is 11.3 Å². The smallest absolute Gasteiger partial charge is 0.262 e. The molecule has 2 aromatic carbocycles. The molecule has 0 saturated carbocycles. The Balaban J connectivity index is 1.59. The number of thiophene rings is 1. The molecular formula is C27H29ClN2O3S. The van der Waals surface area contributed by atoms with Crippen LogP contribution in [0.3, 0.4) is 0 Å². The molecule has 0 bridgehead atoms. The van der Waals surface area contributed by atoms with Gasteiger partial charge >= 0.3 is 0 Å². The van der Waals surface area contributed by atoms with E-state index in [0.717, 1.165) is 29.7 Å². The summed E-state index contributed by atoms with van der Waals surface area (Å²) < 4.78 is 5.59. The topological polar surface area (TPSA) is 67.4 Å². The van der Waals surface area contributed by atoms with E-state index in [-0.39, 0.29) is 23.8 Å². The lowest BCUT2D eigenvalue weighted by Gasteiger charge is -2.33. The van der Waals surface area contributed by atoms with Crippen LogP contribution in [0.4, 0.5) is 10.7 Å². The van der Waals surface area contributed by atoms with Crippen LogP contribution in [0.5, 0.6) is 5.75 Å². The molecule has 7 heteroatoms. The summed E-state index contributed by atoms with van der Waals surface area (Å²) >= 11 is 7.76. The molecule has 4 rings (SSSR count). The van der Waals surface area contributed by atoms with Gasteiger partial charge < -0.3 is 15.4 Å². The normalized spacial score (nSPS) is 15.4. The van der Waals surface area contributed by atoms with Crippen LogP contribution >= 0.6 is 22.9 Å². The molecule has 1 aliphatic carbocycles. The summed E-state index contributed by atoms with van der Waals surface area (Å²) in [6.07, 6.45) is 2.70. The highest BCUT2D eigenvalue weighted by molar-refractivity contribution is 7.17. The van der Waals surface area contributed by atoms with Crippen molar-refractivity contribution >= 4 is 45.4 Å². The summed E-state index contributed by atoms with van der Waals surface area (Å²) in [5, 5.41) is 6.89. The quantitative estimate of drug-likeness (QED) is 0.393. The summed E-state index contributed by atoms with van der Waals surface area (Å²) in [4.78, 5) is 27.3. The average Bonchev–Trinajstić information content (AvgIpc) is 3.16. The van der Waals surface area contributed by atoms with Crippen molar-refractivity contribution in [3.05, 3.63) is 75.6 Å². The SMILES string of the molecule is CC(C)(C)C1CCc2c(sc(NC(=O)COc3ccccc3)c2C(=O)Nc2ccccc2Cl)C1. The van der Waals surface area contributed by atoms with Gasteiger partial charge in [-0.1, -0.05) is 62.7 Å². The molecular weight excluding hydrogens is 468 g/mol. The van der Waals surface area contributed by atoms with Gasteiger partial charge in [-0.2, -0.15) is 0 Å². The Morgan fingerprint density at radius 1 is 1.06 bits per heavy atom. The number of halogens is 1.